The number of hydrogen-bond donors (Lipinski definition) is 1. The molecule has 0 spiro atoms. The summed E-state index contributed by atoms with van der Waals surface area (Å²) in [7, 11) is 0. The van der Waals surface area contributed by atoms with E-state index in [9.17, 15) is 4.79 Å². The van der Waals surface area contributed by atoms with Crippen LogP contribution in [0.4, 0.5) is 0 Å². The predicted octanol–water partition coefficient (Wildman–Crippen LogP) is 2.94. The summed E-state index contributed by atoms with van der Waals surface area (Å²) in [5.74, 6) is 0. The van der Waals surface area contributed by atoms with Gasteiger partial charge < -0.3 is 4.98 Å². The molecule has 0 fully saturated rings. The number of aromatic nitrogens is 1. The highest BCUT2D eigenvalue weighted by Crippen LogP contribution is 2.13. The molecule has 1 N–H and O–H groups in total. The third-order valence-electron chi connectivity index (χ3n) is 2.20. The van der Waals surface area contributed by atoms with E-state index in [1.807, 2.05) is 30.3 Å². The number of nitrogens with one attached hydrogen (secondary N) is 1. The number of H-pyrrole nitrogens is 1. The van der Waals surface area contributed by atoms with Crippen molar-refractivity contribution in [2.24, 2.45) is 0 Å². The molecule has 2 rings (SSSR count). The Bertz CT molecular complexity index is 505. The van der Waals surface area contributed by atoms with Crippen LogP contribution in [0, 0.1) is 0 Å². The fourth-order valence-electron chi connectivity index (χ4n) is 1.43. The Morgan fingerprint density at radius 1 is 1.20 bits per heavy atom. The molecule has 15 heavy (non-hydrogen) atoms. The Balaban J connectivity index is 2.51. The van der Waals surface area contributed by atoms with Crippen molar-refractivity contribution in [3.8, 4) is 11.1 Å². The summed E-state index contributed by atoms with van der Waals surface area (Å²) in [6, 6.07) is 11.3. The number of alkyl halides is 1. The first-order valence-electron chi connectivity index (χ1n) is 4.64. The van der Waals surface area contributed by atoms with Gasteiger partial charge >= 0.3 is 0 Å². The first-order chi connectivity index (χ1) is 7.31. The third-order valence-corrected chi connectivity index (χ3v) is 2.81. The highest BCUT2D eigenvalue weighted by Gasteiger charge is 2.02. The van der Waals surface area contributed by atoms with E-state index in [0.29, 0.717) is 10.9 Å². The number of hydrogen-bond acceptors (Lipinski definition) is 1. The van der Waals surface area contributed by atoms with Gasteiger partial charge in [0.2, 0.25) is 0 Å². The largest absolute Gasteiger partial charge is 0.363 e. The van der Waals surface area contributed by atoms with E-state index in [0.717, 1.165) is 11.3 Å². The van der Waals surface area contributed by atoms with Gasteiger partial charge in [-0.15, -0.1) is 0 Å². The zero-order valence-corrected chi connectivity index (χ0v) is 9.62. The SMILES string of the molecule is O=c1cc(CBr)[nH]cc1-c1ccccc1. The molecule has 2 nitrogen and oxygen atoms in total. The average molecular weight is 264 g/mol. The Morgan fingerprint density at radius 2 is 1.93 bits per heavy atom. The number of halogens is 1. The van der Waals surface area contributed by atoms with Gasteiger partial charge in [-0.3, -0.25) is 4.79 Å². The maximum Gasteiger partial charge on any atom is 0.189 e. The molecule has 2 aromatic rings. The van der Waals surface area contributed by atoms with Gasteiger partial charge in [0, 0.05) is 28.9 Å². The molecule has 0 radical (unpaired) electrons. The van der Waals surface area contributed by atoms with E-state index < -0.39 is 0 Å². The van der Waals surface area contributed by atoms with Crippen molar-refractivity contribution >= 4 is 15.9 Å². The predicted molar refractivity (Wildman–Crippen MR) is 65.1 cm³/mol. The van der Waals surface area contributed by atoms with Crippen molar-refractivity contribution in [1.29, 1.82) is 0 Å². The quantitative estimate of drug-likeness (QED) is 0.831. The zero-order chi connectivity index (χ0) is 10.7. The number of aromatic amines is 1. The van der Waals surface area contributed by atoms with Crippen LogP contribution in [-0.2, 0) is 5.33 Å². The lowest BCUT2D eigenvalue weighted by Crippen LogP contribution is -2.05. The van der Waals surface area contributed by atoms with E-state index in [-0.39, 0.29) is 5.43 Å². The minimum absolute atomic E-state index is 0.0504. The maximum absolute atomic E-state index is 11.8. The van der Waals surface area contributed by atoms with Crippen LogP contribution < -0.4 is 5.43 Å². The van der Waals surface area contributed by atoms with Gasteiger partial charge in [-0.1, -0.05) is 46.3 Å². The normalized spacial score (nSPS) is 10.2. The monoisotopic (exact) mass is 263 g/mol. The highest BCUT2D eigenvalue weighted by atomic mass is 79.9. The van der Waals surface area contributed by atoms with E-state index >= 15 is 0 Å². The summed E-state index contributed by atoms with van der Waals surface area (Å²) in [4.78, 5) is 14.8. The minimum atomic E-state index is 0.0504. The summed E-state index contributed by atoms with van der Waals surface area (Å²) in [5, 5.41) is 0.664. The summed E-state index contributed by atoms with van der Waals surface area (Å²) in [6.07, 6.45) is 1.76. The summed E-state index contributed by atoms with van der Waals surface area (Å²) in [5.41, 5.74) is 2.59. The second-order valence-corrected chi connectivity index (χ2v) is 3.80. The highest BCUT2D eigenvalue weighted by molar-refractivity contribution is 9.08. The van der Waals surface area contributed by atoms with Crippen LogP contribution in [0.25, 0.3) is 11.1 Å². The van der Waals surface area contributed by atoms with Crippen LogP contribution in [-0.4, -0.2) is 4.98 Å². The van der Waals surface area contributed by atoms with Gasteiger partial charge in [0.15, 0.2) is 5.43 Å². The molecule has 1 aromatic carbocycles. The molecule has 0 saturated heterocycles. The molecule has 0 aliphatic carbocycles. The minimum Gasteiger partial charge on any atom is -0.363 e. The maximum atomic E-state index is 11.8. The first kappa shape index (κ1) is 10.2. The lowest BCUT2D eigenvalue weighted by molar-refractivity contribution is 1.17. The van der Waals surface area contributed by atoms with Crippen LogP contribution in [0.2, 0.25) is 0 Å². The number of pyridine rings is 1. The second kappa shape index (κ2) is 4.45. The van der Waals surface area contributed by atoms with Crippen molar-refractivity contribution in [2.45, 2.75) is 5.33 Å². The Hall–Kier alpha value is -1.35. The Morgan fingerprint density at radius 3 is 2.53 bits per heavy atom. The molecule has 0 amide bonds. The fourth-order valence-corrected chi connectivity index (χ4v) is 1.76. The molecule has 76 valence electrons. The lowest BCUT2D eigenvalue weighted by Gasteiger charge is -2.01. The molecule has 0 unspecified atom stereocenters. The van der Waals surface area contributed by atoms with Gasteiger partial charge in [-0.05, 0) is 5.56 Å². The fraction of sp³-hybridized carbons (Fsp3) is 0.0833. The molecular formula is C12H10BrNO. The molecule has 0 aliphatic heterocycles. The van der Waals surface area contributed by atoms with Crippen molar-refractivity contribution in [3.05, 3.63) is 58.5 Å². The van der Waals surface area contributed by atoms with Gasteiger partial charge in [-0.25, -0.2) is 0 Å². The number of rotatable bonds is 2. The van der Waals surface area contributed by atoms with Crippen LogP contribution in [0.15, 0.2) is 47.4 Å². The number of benzene rings is 1. The van der Waals surface area contributed by atoms with Crippen molar-refractivity contribution in [3.63, 3.8) is 0 Å². The van der Waals surface area contributed by atoms with E-state index in [2.05, 4.69) is 20.9 Å². The van der Waals surface area contributed by atoms with Crippen molar-refractivity contribution < 1.29 is 0 Å². The molecule has 0 bridgehead atoms. The topological polar surface area (TPSA) is 32.9 Å². The summed E-state index contributed by atoms with van der Waals surface area (Å²) < 4.78 is 0. The lowest BCUT2D eigenvalue weighted by atomic mass is 10.1. The molecule has 0 saturated carbocycles. The Kier molecular flexibility index (Phi) is 3.02. The van der Waals surface area contributed by atoms with Gasteiger partial charge in [0.05, 0.1) is 0 Å². The van der Waals surface area contributed by atoms with Gasteiger partial charge in [0.25, 0.3) is 0 Å². The van der Waals surface area contributed by atoms with E-state index in [1.54, 1.807) is 12.3 Å². The molecule has 1 aromatic heterocycles. The summed E-state index contributed by atoms with van der Waals surface area (Å²) >= 11 is 3.30. The molecule has 0 atom stereocenters. The Labute approximate surface area is 96.1 Å². The average Bonchev–Trinajstić information content (AvgIpc) is 2.30. The summed E-state index contributed by atoms with van der Waals surface area (Å²) in [6.45, 7) is 0. The van der Waals surface area contributed by atoms with Crippen molar-refractivity contribution in [2.75, 3.05) is 0 Å². The van der Waals surface area contributed by atoms with Crippen LogP contribution in [0.3, 0.4) is 0 Å². The van der Waals surface area contributed by atoms with Crippen LogP contribution in [0.5, 0.6) is 0 Å². The molecule has 0 aliphatic rings. The van der Waals surface area contributed by atoms with Gasteiger partial charge in [0.1, 0.15) is 0 Å². The van der Waals surface area contributed by atoms with E-state index in [4.69, 9.17) is 0 Å². The second-order valence-electron chi connectivity index (χ2n) is 3.24. The first-order valence-corrected chi connectivity index (χ1v) is 5.76. The zero-order valence-electron chi connectivity index (χ0n) is 8.03. The van der Waals surface area contributed by atoms with Crippen molar-refractivity contribution in [1.82, 2.24) is 4.98 Å². The standard InChI is InChI=1S/C12H10BrNO/c13-7-10-6-12(15)11(8-14-10)9-4-2-1-3-5-9/h1-6,8H,7H2,(H,14,15). The van der Waals surface area contributed by atoms with Crippen LogP contribution >= 0.6 is 15.9 Å². The molecular weight excluding hydrogens is 254 g/mol. The third kappa shape index (κ3) is 2.18. The van der Waals surface area contributed by atoms with E-state index in [1.165, 1.54) is 0 Å². The van der Waals surface area contributed by atoms with Gasteiger partial charge in [-0.2, -0.15) is 0 Å². The smallest absolute Gasteiger partial charge is 0.189 e. The van der Waals surface area contributed by atoms with Crippen LogP contribution in [0.1, 0.15) is 5.69 Å². The molecule has 1 heterocycles. The molecule has 3 heteroatoms.